The van der Waals surface area contributed by atoms with Crippen LogP contribution in [0, 0.1) is 16.1 Å². The molecule has 40 heavy (non-hydrogen) atoms. The van der Waals surface area contributed by atoms with Crippen LogP contribution in [0.3, 0.4) is 0 Å². The highest BCUT2D eigenvalue weighted by Gasteiger charge is 2.34. The van der Waals surface area contributed by atoms with Crippen molar-refractivity contribution in [3.05, 3.63) is 98.8 Å². The predicted molar refractivity (Wildman–Crippen MR) is 150 cm³/mol. The summed E-state index contributed by atoms with van der Waals surface area (Å²) < 4.78 is 13.1. The number of benzene rings is 2. The molecule has 2 aromatic carbocycles. The first kappa shape index (κ1) is 28.1. The number of unbranched alkanes of at least 4 members (excludes halogenated alkanes) is 1. The first-order valence-corrected chi connectivity index (χ1v) is 12.9. The van der Waals surface area contributed by atoms with E-state index in [0.29, 0.717) is 36.2 Å². The van der Waals surface area contributed by atoms with Gasteiger partial charge < -0.3 is 15.8 Å². The molecule has 204 valence electrons. The minimum absolute atomic E-state index is 0.161. The van der Waals surface area contributed by atoms with Gasteiger partial charge in [0.1, 0.15) is 17.2 Å². The van der Waals surface area contributed by atoms with E-state index in [9.17, 15) is 23.7 Å². The Labute approximate surface area is 232 Å². The minimum atomic E-state index is -0.395. The molecule has 4 N–H and O–H groups in total. The monoisotopic (exact) mass is 562 g/mol. The fourth-order valence-electron chi connectivity index (χ4n) is 3.82. The van der Waals surface area contributed by atoms with Crippen molar-refractivity contribution in [2.45, 2.75) is 12.8 Å². The van der Waals surface area contributed by atoms with Crippen molar-refractivity contribution in [3.63, 3.8) is 0 Å². The van der Waals surface area contributed by atoms with Crippen molar-refractivity contribution in [2.24, 2.45) is 10.3 Å². The molecule has 3 amide bonds. The largest absolute Gasteiger partial charge is 0.410 e. The number of thioether (sulfide) groups is 1. The van der Waals surface area contributed by atoms with Gasteiger partial charge >= 0.3 is 0 Å². The van der Waals surface area contributed by atoms with Crippen LogP contribution in [0.2, 0.25) is 0 Å². The van der Waals surface area contributed by atoms with Gasteiger partial charge in [0, 0.05) is 24.3 Å². The van der Waals surface area contributed by atoms with E-state index in [4.69, 9.17) is 10.6 Å². The molecule has 0 bridgehead atoms. The molecule has 0 spiro atoms. The number of hydrogen-bond donors (Lipinski definition) is 4. The summed E-state index contributed by atoms with van der Waals surface area (Å²) in [5.74, 6) is -1.08. The summed E-state index contributed by atoms with van der Waals surface area (Å²) in [5, 5.41) is 28.2. The molecule has 1 saturated heterocycles. The summed E-state index contributed by atoms with van der Waals surface area (Å²) >= 11 is 0.839. The number of rotatable bonds is 10. The minimum Gasteiger partial charge on any atom is -0.410 e. The van der Waals surface area contributed by atoms with Crippen LogP contribution >= 0.6 is 11.8 Å². The van der Waals surface area contributed by atoms with Crippen molar-refractivity contribution in [1.82, 2.24) is 10.2 Å². The van der Waals surface area contributed by atoms with Gasteiger partial charge in [-0.3, -0.25) is 24.7 Å². The summed E-state index contributed by atoms with van der Waals surface area (Å²) in [6.45, 7) is 0.558. The highest BCUT2D eigenvalue weighted by molar-refractivity contribution is 8.18. The molecular formula is C27H23FN6O5S. The van der Waals surface area contributed by atoms with E-state index in [1.54, 1.807) is 30.3 Å². The molecule has 0 unspecified atom stereocenters. The highest BCUT2D eigenvalue weighted by atomic mass is 32.2. The number of oxime groups is 1. The Bertz CT molecular complexity index is 1480. The lowest BCUT2D eigenvalue weighted by atomic mass is 10.0. The third-order valence-electron chi connectivity index (χ3n) is 5.92. The lowest BCUT2D eigenvalue weighted by Gasteiger charge is -2.16. The molecule has 1 fully saturated rings. The van der Waals surface area contributed by atoms with E-state index in [2.05, 4.69) is 21.0 Å². The van der Waals surface area contributed by atoms with Crippen LogP contribution in [0.15, 0.2) is 87.3 Å². The van der Waals surface area contributed by atoms with Gasteiger partial charge in [-0.2, -0.15) is 0 Å². The Balaban J connectivity index is 1.22. The number of nitrogens with zero attached hydrogens (tertiary/aromatic N) is 3. The topological polar surface area (TPSA) is 164 Å². The van der Waals surface area contributed by atoms with Gasteiger partial charge in [-0.05, 0) is 90.0 Å². The van der Waals surface area contributed by atoms with Gasteiger partial charge in [0.15, 0.2) is 5.71 Å². The SMILES string of the molecule is N=C1C(Nc2ccc(C(=O)NCCCCN3C(=O)S/C(=C\c4ccc(F)cc4)C3=O)cc2)=CC=C(N=O)/C1=N/O. The number of amides is 3. The summed E-state index contributed by atoms with van der Waals surface area (Å²) in [4.78, 5) is 49.6. The second kappa shape index (κ2) is 12.8. The number of carbonyl (C=O) groups excluding carboxylic acids is 3. The maximum absolute atomic E-state index is 13.1. The van der Waals surface area contributed by atoms with Gasteiger partial charge in [-0.1, -0.05) is 17.3 Å². The predicted octanol–water partition coefficient (Wildman–Crippen LogP) is 4.88. The summed E-state index contributed by atoms with van der Waals surface area (Å²) in [5.41, 5.74) is 1.24. The van der Waals surface area contributed by atoms with Crippen LogP contribution in [-0.2, 0) is 4.79 Å². The summed E-state index contributed by atoms with van der Waals surface area (Å²) in [6.07, 6.45) is 5.38. The lowest BCUT2D eigenvalue weighted by Crippen LogP contribution is -2.30. The number of imide groups is 1. The number of hydrogen-bond acceptors (Lipinski definition) is 10. The van der Waals surface area contributed by atoms with Crippen LogP contribution in [0.1, 0.15) is 28.8 Å². The first-order chi connectivity index (χ1) is 19.3. The van der Waals surface area contributed by atoms with Crippen LogP contribution in [0.5, 0.6) is 0 Å². The zero-order valence-corrected chi connectivity index (χ0v) is 21.7. The van der Waals surface area contributed by atoms with E-state index in [1.807, 2.05) is 0 Å². The number of nitrogens with one attached hydrogen (secondary N) is 3. The van der Waals surface area contributed by atoms with Gasteiger partial charge in [0.25, 0.3) is 17.1 Å². The van der Waals surface area contributed by atoms with Crippen molar-refractivity contribution in [3.8, 4) is 0 Å². The van der Waals surface area contributed by atoms with Crippen molar-refractivity contribution >= 4 is 52.0 Å². The van der Waals surface area contributed by atoms with Gasteiger partial charge in [0.05, 0.1) is 10.6 Å². The molecule has 1 heterocycles. The van der Waals surface area contributed by atoms with Gasteiger partial charge in [-0.15, -0.1) is 4.91 Å². The molecule has 4 rings (SSSR count). The molecule has 2 aliphatic rings. The standard InChI is InChI=1S/C27H23FN6O5S/c28-18-7-3-16(4-8-18)15-22-26(36)34(27(37)40-22)14-2-1-13-30-25(35)17-5-9-19(10-6-17)31-20-11-12-21(32-38)24(33-39)23(20)29/h3-12,15,29,31,39H,1-2,13-14H2,(H,30,35)/b22-15-,29-23?,33-24-. The summed E-state index contributed by atoms with van der Waals surface area (Å²) in [6, 6.07) is 12.1. The Hall–Kier alpha value is -4.91. The molecule has 2 aromatic rings. The third-order valence-corrected chi connectivity index (χ3v) is 6.82. The van der Waals surface area contributed by atoms with E-state index in [-0.39, 0.29) is 51.2 Å². The van der Waals surface area contributed by atoms with Gasteiger partial charge in [0.2, 0.25) is 0 Å². The molecule has 11 nitrogen and oxygen atoms in total. The van der Waals surface area contributed by atoms with Crippen molar-refractivity contribution in [1.29, 1.82) is 5.41 Å². The molecule has 0 radical (unpaired) electrons. The molecule has 1 aliphatic carbocycles. The number of nitroso groups, excluding NO2 is 1. The lowest BCUT2D eigenvalue weighted by molar-refractivity contribution is -0.122. The van der Waals surface area contributed by atoms with Crippen molar-refractivity contribution in [2.75, 3.05) is 18.4 Å². The van der Waals surface area contributed by atoms with Crippen LogP contribution < -0.4 is 10.6 Å². The van der Waals surface area contributed by atoms with Crippen LogP contribution in [-0.4, -0.2) is 51.7 Å². The number of carbonyl (C=O) groups is 3. The molecule has 0 aromatic heterocycles. The fourth-order valence-corrected chi connectivity index (χ4v) is 4.69. The zero-order chi connectivity index (χ0) is 28.6. The Kier molecular flexibility index (Phi) is 8.96. The summed E-state index contributed by atoms with van der Waals surface area (Å²) in [7, 11) is 0. The molecule has 0 atom stereocenters. The van der Waals surface area contributed by atoms with Crippen molar-refractivity contribution < 1.29 is 24.0 Å². The second-order valence-electron chi connectivity index (χ2n) is 8.60. The van der Waals surface area contributed by atoms with Gasteiger partial charge in [-0.25, -0.2) is 4.39 Å². The fraction of sp³-hybridized carbons (Fsp3) is 0.148. The van der Waals surface area contributed by atoms with E-state index >= 15 is 0 Å². The van der Waals surface area contributed by atoms with Crippen LogP contribution in [0.4, 0.5) is 14.9 Å². The Morgan fingerprint density at radius 3 is 2.48 bits per heavy atom. The zero-order valence-electron chi connectivity index (χ0n) is 20.9. The average Bonchev–Trinajstić information content (AvgIpc) is 3.22. The number of anilines is 1. The highest BCUT2D eigenvalue weighted by Crippen LogP contribution is 2.32. The molecule has 0 saturated carbocycles. The normalized spacial score (nSPS) is 17.2. The quantitative estimate of drug-likeness (QED) is 0.0800. The smallest absolute Gasteiger partial charge is 0.293 e. The van der Waals surface area contributed by atoms with E-state index in [1.165, 1.54) is 36.4 Å². The van der Waals surface area contributed by atoms with Crippen LogP contribution in [0.25, 0.3) is 6.08 Å². The molecule has 13 heteroatoms. The second-order valence-corrected chi connectivity index (χ2v) is 9.59. The Morgan fingerprint density at radius 1 is 1.07 bits per heavy atom. The van der Waals surface area contributed by atoms with E-state index < -0.39 is 5.91 Å². The maximum atomic E-state index is 13.1. The number of allylic oxidation sites excluding steroid dienone is 4. The average molecular weight is 563 g/mol. The number of halogens is 1. The van der Waals surface area contributed by atoms with E-state index in [0.717, 1.165) is 16.7 Å². The third kappa shape index (κ3) is 6.56. The first-order valence-electron chi connectivity index (χ1n) is 12.0. The Morgan fingerprint density at radius 2 is 1.80 bits per heavy atom. The molecule has 1 aliphatic heterocycles. The maximum Gasteiger partial charge on any atom is 0.293 e. The molecular weight excluding hydrogens is 539 g/mol.